The molecule has 0 aliphatic rings. The van der Waals surface area contributed by atoms with E-state index in [1.54, 1.807) is 42.2 Å². The topological polar surface area (TPSA) is 111 Å². The molecule has 9 nitrogen and oxygen atoms in total. The second kappa shape index (κ2) is 9.06. The van der Waals surface area contributed by atoms with E-state index < -0.39 is 17.6 Å². The fraction of sp³-hybridized carbons (Fsp3) is 0.0833. The summed E-state index contributed by atoms with van der Waals surface area (Å²) in [7, 11) is 1.74. The van der Waals surface area contributed by atoms with E-state index in [9.17, 15) is 18.0 Å². The Hall–Kier alpha value is -4.87. The molecule has 0 aliphatic carbocycles. The number of benzene rings is 2. The molecule has 0 unspecified atom stereocenters. The fourth-order valence-corrected chi connectivity index (χ4v) is 3.53. The van der Waals surface area contributed by atoms with Crippen molar-refractivity contribution >= 4 is 34.1 Å². The van der Waals surface area contributed by atoms with Gasteiger partial charge in [0.05, 0.1) is 28.4 Å². The second-order valence-corrected chi connectivity index (χ2v) is 7.73. The number of carbonyl (C=O) groups is 1. The number of rotatable bonds is 5. The summed E-state index contributed by atoms with van der Waals surface area (Å²) in [5.41, 5.74) is 0.585. The highest BCUT2D eigenvalue weighted by molar-refractivity contribution is 6.09. The summed E-state index contributed by atoms with van der Waals surface area (Å²) < 4.78 is 40.8. The van der Waals surface area contributed by atoms with Gasteiger partial charge >= 0.3 is 6.18 Å². The van der Waals surface area contributed by atoms with E-state index in [-0.39, 0.29) is 17.1 Å². The number of anilines is 3. The lowest BCUT2D eigenvalue weighted by atomic mass is 10.1. The first-order valence-corrected chi connectivity index (χ1v) is 10.6. The summed E-state index contributed by atoms with van der Waals surface area (Å²) in [6.45, 7) is 0. The molecule has 1 amide bonds. The average molecular weight is 490 g/mol. The van der Waals surface area contributed by atoms with Crippen LogP contribution in [-0.4, -0.2) is 35.6 Å². The molecule has 2 aromatic carbocycles. The van der Waals surface area contributed by atoms with Crippen molar-refractivity contribution in [3.8, 4) is 11.5 Å². The van der Waals surface area contributed by atoms with E-state index in [2.05, 4.69) is 35.7 Å². The fourth-order valence-electron chi connectivity index (χ4n) is 3.53. The van der Waals surface area contributed by atoms with E-state index in [1.165, 1.54) is 30.7 Å². The molecule has 180 valence electrons. The number of nitrogens with zero attached hydrogens (tertiary/aromatic N) is 6. The third-order valence-corrected chi connectivity index (χ3v) is 5.16. The summed E-state index contributed by atoms with van der Waals surface area (Å²) >= 11 is 0. The van der Waals surface area contributed by atoms with Crippen LogP contribution in [0.25, 0.3) is 22.6 Å². The first kappa shape index (κ1) is 22.9. The van der Waals surface area contributed by atoms with Gasteiger partial charge in [0, 0.05) is 31.3 Å². The third kappa shape index (κ3) is 4.69. The van der Waals surface area contributed by atoms with Gasteiger partial charge in [-0.05, 0) is 30.3 Å². The zero-order chi connectivity index (χ0) is 25.3. The zero-order valence-corrected chi connectivity index (χ0v) is 18.7. The Morgan fingerprint density at radius 2 is 1.86 bits per heavy atom. The predicted octanol–water partition coefficient (Wildman–Crippen LogP) is 4.84. The molecule has 0 fully saturated rings. The van der Waals surface area contributed by atoms with Crippen molar-refractivity contribution in [3.05, 3.63) is 84.4 Å². The summed E-state index contributed by atoms with van der Waals surface area (Å²) in [6.07, 6.45) is 1.76. The number of halogens is 3. The minimum Gasteiger partial charge on any atom is -0.339 e. The van der Waals surface area contributed by atoms with Crippen LogP contribution in [-0.2, 0) is 13.2 Å². The number of aromatic nitrogens is 6. The molecular weight excluding hydrogens is 473 g/mol. The van der Waals surface area contributed by atoms with Crippen molar-refractivity contribution in [1.29, 1.82) is 0 Å². The van der Waals surface area contributed by atoms with Crippen molar-refractivity contribution in [2.45, 2.75) is 6.18 Å². The second-order valence-electron chi connectivity index (χ2n) is 7.73. The summed E-state index contributed by atoms with van der Waals surface area (Å²) in [6, 6.07) is 11.0. The number of alkyl halides is 3. The Bertz CT molecular complexity index is 1570. The maximum absolute atomic E-state index is 13.1. The number of fused-ring (bicyclic) bond motifs is 1. The minimum atomic E-state index is -4.52. The summed E-state index contributed by atoms with van der Waals surface area (Å²) in [4.78, 5) is 30.3. The van der Waals surface area contributed by atoms with Crippen LogP contribution < -0.4 is 10.6 Å². The van der Waals surface area contributed by atoms with Crippen LogP contribution in [0, 0.1) is 0 Å². The third-order valence-electron chi connectivity index (χ3n) is 5.16. The Morgan fingerprint density at radius 3 is 2.64 bits per heavy atom. The van der Waals surface area contributed by atoms with Gasteiger partial charge in [-0.15, -0.1) is 0 Å². The van der Waals surface area contributed by atoms with Crippen molar-refractivity contribution < 1.29 is 18.0 Å². The lowest BCUT2D eigenvalue weighted by Gasteiger charge is -2.14. The van der Waals surface area contributed by atoms with Crippen LogP contribution in [0.3, 0.4) is 0 Å². The highest BCUT2D eigenvalue weighted by Gasteiger charge is 2.30. The van der Waals surface area contributed by atoms with Gasteiger partial charge in [-0.2, -0.15) is 18.3 Å². The molecular formula is C24H17F3N8O. The Balaban J connectivity index is 1.50. The predicted molar refractivity (Wildman–Crippen MR) is 126 cm³/mol. The van der Waals surface area contributed by atoms with E-state index in [4.69, 9.17) is 0 Å². The van der Waals surface area contributed by atoms with Crippen LogP contribution in [0.1, 0.15) is 15.9 Å². The normalized spacial score (nSPS) is 11.4. The van der Waals surface area contributed by atoms with Gasteiger partial charge in [0.25, 0.3) is 5.91 Å². The standard InChI is InChI=1S/C24H17F3N8O/c1-35-13-17-20(32-22(33-21(17)34-35)19-12-28-9-10-29-19)31-18-8-3-2-7-16(18)23(36)30-15-6-4-5-14(11-15)24(25,26)27/h2-13H,1H3,(H,30,36)(H,31,32,33,34). The van der Waals surface area contributed by atoms with Crippen LogP contribution in [0.2, 0.25) is 0 Å². The first-order chi connectivity index (χ1) is 17.3. The van der Waals surface area contributed by atoms with Crippen LogP contribution in [0.15, 0.2) is 73.3 Å². The van der Waals surface area contributed by atoms with Crippen LogP contribution >= 0.6 is 0 Å². The maximum atomic E-state index is 13.1. The minimum absolute atomic E-state index is 0.0197. The Labute approximate surface area is 202 Å². The Morgan fingerprint density at radius 1 is 1.03 bits per heavy atom. The molecule has 0 saturated carbocycles. The largest absolute Gasteiger partial charge is 0.416 e. The molecule has 0 aliphatic heterocycles. The van der Waals surface area contributed by atoms with Gasteiger partial charge in [0.1, 0.15) is 11.5 Å². The van der Waals surface area contributed by atoms with E-state index >= 15 is 0 Å². The molecule has 3 heterocycles. The SMILES string of the molecule is Cn1cc2c(Nc3ccccc3C(=O)Nc3cccc(C(F)(F)F)c3)nc(-c3cnccn3)nc2n1. The number of nitrogens with one attached hydrogen (secondary N) is 2. The highest BCUT2D eigenvalue weighted by Crippen LogP contribution is 2.31. The van der Waals surface area contributed by atoms with Gasteiger partial charge in [-0.1, -0.05) is 18.2 Å². The quantitative estimate of drug-likeness (QED) is 0.363. The summed E-state index contributed by atoms with van der Waals surface area (Å²) in [5, 5.41) is 10.6. The molecule has 0 atom stereocenters. The summed E-state index contributed by atoms with van der Waals surface area (Å²) in [5.74, 6) is 0.0545. The van der Waals surface area contributed by atoms with Crippen molar-refractivity contribution in [3.63, 3.8) is 0 Å². The van der Waals surface area contributed by atoms with E-state index in [0.29, 0.717) is 28.2 Å². The van der Waals surface area contributed by atoms with Gasteiger partial charge in [-0.3, -0.25) is 14.5 Å². The molecule has 0 bridgehead atoms. The number of aryl methyl sites for hydroxylation is 1. The van der Waals surface area contributed by atoms with Gasteiger partial charge in [0.15, 0.2) is 11.5 Å². The zero-order valence-electron chi connectivity index (χ0n) is 18.7. The number of amides is 1. The molecule has 0 saturated heterocycles. The monoisotopic (exact) mass is 490 g/mol. The van der Waals surface area contributed by atoms with Crippen molar-refractivity contribution in [1.82, 2.24) is 29.7 Å². The molecule has 0 radical (unpaired) electrons. The molecule has 36 heavy (non-hydrogen) atoms. The van der Waals surface area contributed by atoms with E-state index in [0.717, 1.165) is 12.1 Å². The number of hydrogen-bond donors (Lipinski definition) is 2. The lowest BCUT2D eigenvalue weighted by Crippen LogP contribution is -2.15. The molecule has 0 spiro atoms. The first-order valence-electron chi connectivity index (χ1n) is 10.6. The van der Waals surface area contributed by atoms with Crippen LogP contribution in [0.4, 0.5) is 30.4 Å². The molecule has 3 aromatic heterocycles. The van der Waals surface area contributed by atoms with Gasteiger partial charge < -0.3 is 10.6 Å². The highest BCUT2D eigenvalue weighted by atomic mass is 19.4. The van der Waals surface area contributed by atoms with Crippen LogP contribution in [0.5, 0.6) is 0 Å². The average Bonchev–Trinajstić information content (AvgIpc) is 3.25. The van der Waals surface area contributed by atoms with Crippen molar-refractivity contribution in [2.75, 3.05) is 10.6 Å². The number of para-hydroxylation sites is 1. The van der Waals surface area contributed by atoms with Crippen molar-refractivity contribution in [2.24, 2.45) is 7.05 Å². The molecule has 12 heteroatoms. The molecule has 5 aromatic rings. The smallest absolute Gasteiger partial charge is 0.339 e. The molecule has 5 rings (SSSR count). The molecule has 2 N–H and O–H groups in total. The Kier molecular flexibility index (Phi) is 5.76. The number of carbonyl (C=O) groups excluding carboxylic acids is 1. The van der Waals surface area contributed by atoms with Gasteiger partial charge in [0.2, 0.25) is 0 Å². The van der Waals surface area contributed by atoms with E-state index in [1.807, 2.05) is 0 Å². The number of hydrogen-bond acceptors (Lipinski definition) is 7. The maximum Gasteiger partial charge on any atom is 0.416 e. The van der Waals surface area contributed by atoms with Gasteiger partial charge in [-0.25, -0.2) is 15.0 Å². The lowest BCUT2D eigenvalue weighted by molar-refractivity contribution is -0.137.